The van der Waals surface area contributed by atoms with Gasteiger partial charge in [-0.2, -0.15) is 13.2 Å². The highest BCUT2D eigenvalue weighted by atomic mass is 19.4. The monoisotopic (exact) mass is 404 g/mol. The average molecular weight is 404 g/mol. The van der Waals surface area contributed by atoms with E-state index >= 15 is 0 Å². The number of rotatable bonds is 4. The Morgan fingerprint density at radius 1 is 1.07 bits per heavy atom. The summed E-state index contributed by atoms with van der Waals surface area (Å²) in [5.41, 5.74) is 0.510. The molecule has 150 valence electrons. The maximum Gasteiger partial charge on any atom is 0.416 e. The van der Waals surface area contributed by atoms with Gasteiger partial charge in [0.25, 0.3) is 5.91 Å². The lowest BCUT2D eigenvalue weighted by molar-refractivity contribution is -0.137. The second-order valence-corrected chi connectivity index (χ2v) is 6.25. The molecule has 0 spiro atoms. The zero-order valence-corrected chi connectivity index (χ0v) is 14.9. The lowest BCUT2D eigenvalue weighted by Gasteiger charge is -2.18. The van der Waals surface area contributed by atoms with Gasteiger partial charge in [0.2, 0.25) is 0 Å². The second-order valence-electron chi connectivity index (χ2n) is 6.25. The predicted octanol–water partition coefficient (Wildman–Crippen LogP) is 2.99. The number of hydrogen-bond donors (Lipinski definition) is 1. The van der Waals surface area contributed by atoms with Crippen molar-refractivity contribution in [2.45, 2.75) is 12.7 Å². The van der Waals surface area contributed by atoms with Crippen LogP contribution in [-0.4, -0.2) is 34.1 Å². The fraction of sp³-hybridized carbons (Fsp3) is 0.211. The number of amides is 1. The molecule has 0 atom stereocenters. The van der Waals surface area contributed by atoms with Crippen LogP contribution in [0.15, 0.2) is 48.7 Å². The SMILES string of the molecule is O=C(NCc1ccc(C(F)(F)F)cc1)c1cn(-c2ccc3c(c2)OCCO3)nn1. The van der Waals surface area contributed by atoms with Gasteiger partial charge in [-0.15, -0.1) is 5.10 Å². The molecule has 1 amide bonds. The van der Waals surface area contributed by atoms with Crippen LogP contribution >= 0.6 is 0 Å². The first-order valence-electron chi connectivity index (χ1n) is 8.67. The van der Waals surface area contributed by atoms with E-state index in [0.717, 1.165) is 12.1 Å². The van der Waals surface area contributed by atoms with Crippen molar-refractivity contribution in [2.24, 2.45) is 0 Å². The zero-order valence-electron chi connectivity index (χ0n) is 14.9. The summed E-state index contributed by atoms with van der Waals surface area (Å²) in [7, 11) is 0. The van der Waals surface area contributed by atoms with Crippen molar-refractivity contribution in [3.8, 4) is 17.2 Å². The molecular formula is C19H15F3N4O3. The molecule has 7 nitrogen and oxygen atoms in total. The fourth-order valence-electron chi connectivity index (χ4n) is 2.75. The number of ether oxygens (including phenoxy) is 2. The number of benzene rings is 2. The van der Waals surface area contributed by atoms with E-state index in [2.05, 4.69) is 15.6 Å². The maximum absolute atomic E-state index is 12.6. The molecule has 1 aromatic heterocycles. The molecule has 0 unspecified atom stereocenters. The number of hydrogen-bond acceptors (Lipinski definition) is 5. The fourth-order valence-corrected chi connectivity index (χ4v) is 2.75. The first-order chi connectivity index (χ1) is 13.9. The number of carbonyl (C=O) groups excluding carboxylic acids is 1. The molecule has 4 rings (SSSR count). The zero-order chi connectivity index (χ0) is 20.4. The number of nitrogens with one attached hydrogen (secondary N) is 1. The highest BCUT2D eigenvalue weighted by Gasteiger charge is 2.29. The molecule has 0 fully saturated rings. The van der Waals surface area contributed by atoms with E-state index < -0.39 is 17.6 Å². The molecule has 1 aliphatic rings. The third-order valence-electron chi connectivity index (χ3n) is 4.25. The van der Waals surface area contributed by atoms with Crippen molar-refractivity contribution in [2.75, 3.05) is 13.2 Å². The van der Waals surface area contributed by atoms with Crippen molar-refractivity contribution in [3.63, 3.8) is 0 Å². The van der Waals surface area contributed by atoms with Crippen LogP contribution < -0.4 is 14.8 Å². The summed E-state index contributed by atoms with van der Waals surface area (Å²) in [6.07, 6.45) is -2.94. The summed E-state index contributed by atoms with van der Waals surface area (Å²) in [4.78, 5) is 12.3. The number of fused-ring (bicyclic) bond motifs is 1. The third-order valence-corrected chi connectivity index (χ3v) is 4.25. The summed E-state index contributed by atoms with van der Waals surface area (Å²) in [6, 6.07) is 9.80. The molecular weight excluding hydrogens is 389 g/mol. The van der Waals surface area contributed by atoms with Gasteiger partial charge in [-0.25, -0.2) is 4.68 Å². The van der Waals surface area contributed by atoms with Crippen LogP contribution in [0.2, 0.25) is 0 Å². The summed E-state index contributed by atoms with van der Waals surface area (Å²) in [6.45, 7) is 0.998. The van der Waals surface area contributed by atoms with Crippen LogP contribution in [-0.2, 0) is 12.7 Å². The molecule has 0 saturated carbocycles. The van der Waals surface area contributed by atoms with Gasteiger partial charge in [0.1, 0.15) is 13.2 Å². The Morgan fingerprint density at radius 3 is 2.52 bits per heavy atom. The van der Waals surface area contributed by atoms with E-state index in [1.165, 1.54) is 23.0 Å². The first-order valence-corrected chi connectivity index (χ1v) is 8.67. The molecule has 10 heteroatoms. The highest BCUT2D eigenvalue weighted by molar-refractivity contribution is 5.91. The van der Waals surface area contributed by atoms with E-state index in [4.69, 9.17) is 9.47 Å². The van der Waals surface area contributed by atoms with E-state index in [9.17, 15) is 18.0 Å². The molecule has 0 bridgehead atoms. The highest BCUT2D eigenvalue weighted by Crippen LogP contribution is 2.32. The number of aromatic nitrogens is 3. The molecule has 0 saturated heterocycles. The molecule has 2 aromatic carbocycles. The predicted molar refractivity (Wildman–Crippen MR) is 95.0 cm³/mol. The minimum Gasteiger partial charge on any atom is -0.486 e. The van der Waals surface area contributed by atoms with Crippen LogP contribution in [0.4, 0.5) is 13.2 Å². The second kappa shape index (κ2) is 7.46. The maximum atomic E-state index is 12.6. The van der Waals surface area contributed by atoms with Gasteiger partial charge in [-0.1, -0.05) is 17.3 Å². The molecule has 1 N–H and O–H groups in total. The van der Waals surface area contributed by atoms with Crippen molar-refractivity contribution in [3.05, 3.63) is 65.5 Å². The lowest BCUT2D eigenvalue weighted by Crippen LogP contribution is -2.23. The molecule has 0 radical (unpaired) electrons. The minimum atomic E-state index is -4.39. The number of carbonyl (C=O) groups is 1. The Hall–Kier alpha value is -3.56. The van der Waals surface area contributed by atoms with E-state index in [0.29, 0.717) is 36.0 Å². The lowest BCUT2D eigenvalue weighted by atomic mass is 10.1. The Balaban J connectivity index is 1.41. The van der Waals surface area contributed by atoms with Crippen LogP contribution in [0.25, 0.3) is 5.69 Å². The van der Waals surface area contributed by atoms with Gasteiger partial charge >= 0.3 is 6.18 Å². The Morgan fingerprint density at radius 2 is 1.79 bits per heavy atom. The quantitative estimate of drug-likeness (QED) is 0.723. The van der Waals surface area contributed by atoms with Gasteiger partial charge in [0.05, 0.1) is 17.4 Å². The van der Waals surface area contributed by atoms with Crippen molar-refractivity contribution in [1.29, 1.82) is 0 Å². The van der Waals surface area contributed by atoms with Gasteiger partial charge in [-0.3, -0.25) is 4.79 Å². The summed E-state index contributed by atoms with van der Waals surface area (Å²) < 4.78 is 50.2. The Kier molecular flexibility index (Phi) is 4.83. The van der Waals surface area contributed by atoms with Gasteiger partial charge in [-0.05, 0) is 29.8 Å². The van der Waals surface area contributed by atoms with Crippen LogP contribution in [0.5, 0.6) is 11.5 Å². The molecule has 1 aliphatic heterocycles. The summed E-state index contributed by atoms with van der Waals surface area (Å²) in [5.74, 6) is 0.723. The minimum absolute atomic E-state index is 0.0633. The number of halogens is 3. The smallest absolute Gasteiger partial charge is 0.416 e. The molecule has 29 heavy (non-hydrogen) atoms. The van der Waals surface area contributed by atoms with Gasteiger partial charge < -0.3 is 14.8 Å². The van der Waals surface area contributed by atoms with E-state index in [1.54, 1.807) is 18.2 Å². The summed E-state index contributed by atoms with van der Waals surface area (Å²) in [5, 5.41) is 10.4. The normalized spacial score (nSPS) is 13.2. The first kappa shape index (κ1) is 18.8. The summed E-state index contributed by atoms with van der Waals surface area (Å²) >= 11 is 0. The van der Waals surface area contributed by atoms with E-state index in [1.807, 2.05) is 0 Å². The topological polar surface area (TPSA) is 78.3 Å². The number of nitrogens with zero attached hydrogens (tertiary/aromatic N) is 3. The van der Waals surface area contributed by atoms with Crippen LogP contribution in [0.3, 0.4) is 0 Å². The average Bonchev–Trinajstić information content (AvgIpc) is 3.22. The van der Waals surface area contributed by atoms with Crippen molar-refractivity contribution >= 4 is 5.91 Å². The molecule has 3 aromatic rings. The molecule has 2 heterocycles. The molecule has 0 aliphatic carbocycles. The van der Waals surface area contributed by atoms with E-state index in [-0.39, 0.29) is 12.2 Å². The third kappa shape index (κ3) is 4.15. The number of alkyl halides is 3. The largest absolute Gasteiger partial charge is 0.486 e. The standard InChI is InChI=1S/C19H15F3N4O3/c20-19(21,22)13-3-1-12(2-4-13)10-23-18(27)15-11-26(25-24-15)14-5-6-16-17(9-14)29-8-7-28-16/h1-6,9,11H,7-8,10H2,(H,23,27). The Labute approximate surface area is 163 Å². The Bertz CT molecular complexity index is 1030. The van der Waals surface area contributed by atoms with Gasteiger partial charge in [0.15, 0.2) is 17.2 Å². The van der Waals surface area contributed by atoms with Crippen LogP contribution in [0.1, 0.15) is 21.6 Å². The van der Waals surface area contributed by atoms with Crippen molar-refractivity contribution in [1.82, 2.24) is 20.3 Å². The van der Waals surface area contributed by atoms with Crippen LogP contribution in [0, 0.1) is 0 Å². The van der Waals surface area contributed by atoms with Gasteiger partial charge in [0, 0.05) is 12.6 Å². The van der Waals surface area contributed by atoms with Crippen molar-refractivity contribution < 1.29 is 27.4 Å².